The van der Waals surface area contributed by atoms with E-state index in [0.29, 0.717) is 24.3 Å². The van der Waals surface area contributed by atoms with E-state index in [9.17, 15) is 24.9 Å². The number of aliphatic hydroxyl groups is 1. The largest absolute Gasteiger partial charge is 0.508 e. The van der Waals surface area contributed by atoms with Gasteiger partial charge in [-0.1, -0.05) is 60.1 Å². The zero-order valence-electron chi connectivity index (χ0n) is 27.2. The van der Waals surface area contributed by atoms with Crippen LogP contribution < -0.4 is 0 Å². The summed E-state index contributed by atoms with van der Waals surface area (Å²) >= 11 is 0. The Morgan fingerprint density at radius 2 is 1.42 bits per heavy atom. The number of carbonyl (C=O) groups is 2. The first kappa shape index (κ1) is 30.7. The second-order valence-electron chi connectivity index (χ2n) is 17.2. The minimum absolute atomic E-state index is 0.0750. The number of phenolic OH excluding ortho intramolecular Hbond substituents is 1. The number of benzene rings is 1. The molecule has 9 atom stereocenters. The van der Waals surface area contributed by atoms with Crippen LogP contribution in [-0.4, -0.2) is 39.5 Å². The first-order valence-corrected chi connectivity index (χ1v) is 16.5. The van der Waals surface area contributed by atoms with Crippen LogP contribution >= 0.6 is 0 Å². The van der Waals surface area contributed by atoms with Crippen molar-refractivity contribution in [3.8, 4) is 5.75 Å². The predicted octanol–water partition coefficient (Wildman–Crippen LogP) is 7.77. The number of esters is 1. The van der Waals surface area contributed by atoms with Gasteiger partial charge in [-0.15, -0.1) is 0 Å². The molecule has 0 saturated heterocycles. The summed E-state index contributed by atoms with van der Waals surface area (Å²) in [6, 6.07) is 6.07. The van der Waals surface area contributed by atoms with Crippen molar-refractivity contribution in [3.05, 3.63) is 41.5 Å². The molecule has 0 bridgehead atoms. The summed E-state index contributed by atoms with van der Waals surface area (Å²) in [5, 5.41) is 32.0. The van der Waals surface area contributed by atoms with Gasteiger partial charge in [-0.05, 0) is 127 Å². The van der Waals surface area contributed by atoms with Crippen LogP contribution in [0.4, 0.5) is 0 Å². The molecule has 43 heavy (non-hydrogen) atoms. The van der Waals surface area contributed by atoms with E-state index >= 15 is 0 Å². The molecule has 0 amide bonds. The Labute approximate surface area is 257 Å². The molecule has 5 aliphatic carbocycles. The van der Waals surface area contributed by atoms with Gasteiger partial charge in [-0.2, -0.15) is 0 Å². The molecule has 1 aromatic rings. The molecule has 236 valence electrons. The Bertz CT molecular complexity index is 1340. The van der Waals surface area contributed by atoms with Crippen molar-refractivity contribution in [1.82, 2.24) is 0 Å². The fourth-order valence-electron chi connectivity index (χ4n) is 11.9. The van der Waals surface area contributed by atoms with Crippen molar-refractivity contribution in [2.75, 3.05) is 0 Å². The molecule has 4 fully saturated rings. The highest BCUT2D eigenvalue weighted by Crippen LogP contribution is 2.75. The summed E-state index contributed by atoms with van der Waals surface area (Å²) < 4.78 is 6.10. The molecule has 0 spiro atoms. The van der Waals surface area contributed by atoms with E-state index in [0.717, 1.165) is 44.9 Å². The zero-order valence-corrected chi connectivity index (χ0v) is 27.2. The third-order valence-electron chi connectivity index (χ3n) is 14.0. The van der Waals surface area contributed by atoms with Gasteiger partial charge in [0.15, 0.2) is 0 Å². The van der Waals surface area contributed by atoms with Crippen molar-refractivity contribution in [3.63, 3.8) is 0 Å². The standard InChI is InChI=1S/C37H52O6/c1-32(2)18-19-37(31(41)42)17-14-26-34(5)15-12-25-33(3,4)29(39)24(43-30(40)22-8-10-23(38)11-9-22)20-36(25,7)27(34)13-16-35(26,6)28(37)21-32/h8-11,14,24-25,27-29,38-39H,12-13,15-21H2,1-7H3,(H,41,42)/t24?,25-,27-,28-,29?,34-,35+,36-,37+/m0/s1. The number of carboxylic acid groups (broad SMARTS) is 1. The molecule has 1 aromatic carbocycles. The van der Waals surface area contributed by atoms with Crippen LogP contribution in [0.15, 0.2) is 35.9 Å². The minimum Gasteiger partial charge on any atom is -0.508 e. The Kier molecular flexibility index (Phi) is 6.83. The van der Waals surface area contributed by atoms with Crippen LogP contribution in [0.5, 0.6) is 5.75 Å². The fraction of sp³-hybridized carbons (Fsp3) is 0.730. The number of carboxylic acids is 1. The minimum atomic E-state index is -0.778. The Balaban J connectivity index is 1.36. The average Bonchev–Trinajstić information content (AvgIpc) is 2.91. The number of aliphatic carboxylic acids is 1. The number of rotatable bonds is 3. The van der Waals surface area contributed by atoms with E-state index in [2.05, 4.69) is 54.5 Å². The number of carbonyl (C=O) groups excluding carboxylic acids is 1. The van der Waals surface area contributed by atoms with Gasteiger partial charge in [-0.3, -0.25) is 4.79 Å². The van der Waals surface area contributed by atoms with Gasteiger partial charge < -0.3 is 20.1 Å². The van der Waals surface area contributed by atoms with Gasteiger partial charge in [-0.25, -0.2) is 4.79 Å². The topological polar surface area (TPSA) is 104 Å². The lowest BCUT2D eigenvalue weighted by Gasteiger charge is -2.70. The zero-order chi connectivity index (χ0) is 31.4. The summed E-state index contributed by atoms with van der Waals surface area (Å²) in [7, 11) is 0. The molecule has 0 aliphatic heterocycles. The smallest absolute Gasteiger partial charge is 0.338 e. The van der Waals surface area contributed by atoms with Crippen molar-refractivity contribution in [2.24, 2.45) is 50.2 Å². The van der Waals surface area contributed by atoms with E-state index in [-0.39, 0.29) is 39.2 Å². The lowest BCUT2D eigenvalue weighted by Crippen LogP contribution is -2.66. The monoisotopic (exact) mass is 592 g/mol. The third kappa shape index (κ3) is 4.28. The van der Waals surface area contributed by atoms with Crippen LogP contribution in [-0.2, 0) is 9.53 Å². The van der Waals surface area contributed by atoms with E-state index in [1.807, 2.05) is 0 Å². The Morgan fingerprint density at radius 1 is 0.814 bits per heavy atom. The van der Waals surface area contributed by atoms with Gasteiger partial charge in [0, 0.05) is 0 Å². The van der Waals surface area contributed by atoms with Crippen LogP contribution in [0.25, 0.3) is 0 Å². The molecule has 0 heterocycles. The average molecular weight is 593 g/mol. The number of phenols is 1. The highest BCUT2D eigenvalue weighted by molar-refractivity contribution is 5.89. The van der Waals surface area contributed by atoms with E-state index in [4.69, 9.17) is 4.74 Å². The van der Waals surface area contributed by atoms with Crippen LogP contribution in [0, 0.1) is 50.2 Å². The third-order valence-corrected chi connectivity index (χ3v) is 14.0. The first-order chi connectivity index (χ1) is 19.9. The lowest BCUT2D eigenvalue weighted by molar-refractivity contribution is -0.219. The van der Waals surface area contributed by atoms with Gasteiger partial charge in [0.1, 0.15) is 11.9 Å². The SMILES string of the molecule is CC1(C)CC[C@]2(C(=O)O)CC=C3[C@]4(C)CC[C@H]5C(C)(C)C(O)C(OC(=O)c6ccc(O)cc6)C[C@]5(C)[C@H]4CC[C@@]3(C)[C@@H]2C1. The van der Waals surface area contributed by atoms with Crippen LogP contribution in [0.2, 0.25) is 0 Å². The fourth-order valence-corrected chi connectivity index (χ4v) is 11.9. The molecule has 0 radical (unpaired) electrons. The second-order valence-corrected chi connectivity index (χ2v) is 17.2. The lowest BCUT2D eigenvalue weighted by atomic mass is 9.34. The molecule has 6 heteroatoms. The molecule has 0 aromatic heterocycles. The highest BCUT2D eigenvalue weighted by Gasteiger charge is 2.69. The van der Waals surface area contributed by atoms with Crippen molar-refractivity contribution < 1.29 is 29.6 Å². The normalized spacial score (nSPS) is 44.5. The Morgan fingerprint density at radius 3 is 2.05 bits per heavy atom. The van der Waals surface area contributed by atoms with Gasteiger partial charge in [0.25, 0.3) is 0 Å². The molecular weight excluding hydrogens is 540 g/mol. The molecule has 4 saturated carbocycles. The summed E-state index contributed by atoms with van der Waals surface area (Å²) in [6.07, 6.45) is 8.82. The molecule has 6 rings (SSSR count). The number of aromatic hydroxyl groups is 1. The number of hydrogen-bond donors (Lipinski definition) is 3. The molecular formula is C37H52O6. The highest BCUT2D eigenvalue weighted by atomic mass is 16.6. The van der Waals surface area contributed by atoms with E-state index < -0.39 is 35.0 Å². The number of hydrogen-bond acceptors (Lipinski definition) is 5. The number of aliphatic hydroxyl groups excluding tert-OH is 1. The number of fused-ring (bicyclic) bond motifs is 7. The van der Waals surface area contributed by atoms with Crippen molar-refractivity contribution >= 4 is 11.9 Å². The summed E-state index contributed by atoms with van der Waals surface area (Å²) in [5.41, 5.74) is 0.467. The van der Waals surface area contributed by atoms with Gasteiger partial charge in [0.05, 0.1) is 17.1 Å². The van der Waals surface area contributed by atoms with Gasteiger partial charge in [0.2, 0.25) is 0 Å². The molecule has 3 N–H and O–H groups in total. The van der Waals surface area contributed by atoms with Crippen LogP contribution in [0.3, 0.4) is 0 Å². The summed E-state index contributed by atoms with van der Waals surface area (Å²) in [6.45, 7) is 16.1. The predicted molar refractivity (Wildman–Crippen MR) is 165 cm³/mol. The number of allylic oxidation sites excluding steroid dienone is 2. The first-order valence-electron chi connectivity index (χ1n) is 16.5. The molecule has 5 aliphatic rings. The van der Waals surface area contributed by atoms with Crippen LogP contribution in [0.1, 0.15) is 117 Å². The quantitative estimate of drug-likeness (QED) is 0.245. The van der Waals surface area contributed by atoms with E-state index in [1.54, 1.807) is 12.1 Å². The number of ether oxygens (including phenoxy) is 1. The maximum absolute atomic E-state index is 13.2. The summed E-state index contributed by atoms with van der Waals surface area (Å²) in [5.74, 6) is -0.268. The van der Waals surface area contributed by atoms with Crippen molar-refractivity contribution in [2.45, 2.75) is 118 Å². The van der Waals surface area contributed by atoms with Crippen molar-refractivity contribution in [1.29, 1.82) is 0 Å². The maximum Gasteiger partial charge on any atom is 0.338 e. The second kappa shape index (κ2) is 9.58. The van der Waals surface area contributed by atoms with E-state index in [1.165, 1.54) is 17.7 Å². The summed E-state index contributed by atoms with van der Waals surface area (Å²) in [4.78, 5) is 26.2. The Hall–Kier alpha value is -2.34. The molecule has 6 nitrogen and oxygen atoms in total. The molecule has 2 unspecified atom stereocenters. The maximum atomic E-state index is 13.2. The van der Waals surface area contributed by atoms with Gasteiger partial charge >= 0.3 is 11.9 Å².